The zero-order chi connectivity index (χ0) is 15.6. The van der Waals surface area contributed by atoms with E-state index in [-0.39, 0.29) is 10.6 Å². The topological polar surface area (TPSA) is 69.4 Å². The quantitative estimate of drug-likeness (QED) is 0.438. The van der Waals surface area contributed by atoms with Gasteiger partial charge in [-0.2, -0.15) is 0 Å². The summed E-state index contributed by atoms with van der Waals surface area (Å²) in [6.07, 6.45) is 0. The Balaban J connectivity index is 2.40. The maximum Gasteiger partial charge on any atom is 0.348 e. The van der Waals surface area contributed by atoms with Crippen LogP contribution in [0.1, 0.15) is 9.67 Å². The van der Waals surface area contributed by atoms with Crippen molar-refractivity contribution in [3.8, 4) is 0 Å². The van der Waals surface area contributed by atoms with Gasteiger partial charge in [-0.1, -0.05) is 35.0 Å². The van der Waals surface area contributed by atoms with E-state index in [0.717, 1.165) is 23.1 Å². The third-order valence-electron chi connectivity index (χ3n) is 2.36. The molecule has 9 heteroatoms. The Morgan fingerprint density at radius 1 is 1.38 bits per heavy atom. The summed E-state index contributed by atoms with van der Waals surface area (Å²) in [5.41, 5.74) is -0.156. The Morgan fingerprint density at radius 3 is 2.67 bits per heavy atom. The summed E-state index contributed by atoms with van der Waals surface area (Å²) in [6, 6.07) is 6.04. The van der Waals surface area contributed by atoms with Crippen LogP contribution in [0.3, 0.4) is 0 Å². The third-order valence-corrected chi connectivity index (χ3v) is 5.39. The highest BCUT2D eigenvalue weighted by atomic mass is 35.5. The number of hydrogen-bond acceptors (Lipinski definition) is 6. The average molecular weight is 364 g/mol. The van der Waals surface area contributed by atoms with Crippen molar-refractivity contribution in [2.75, 3.05) is 7.11 Å². The van der Waals surface area contributed by atoms with Crippen LogP contribution in [-0.4, -0.2) is 18.0 Å². The fraction of sp³-hybridized carbons (Fsp3) is 0.0833. The number of nitro groups is 1. The number of methoxy groups -OCH3 is 1. The molecule has 0 fully saturated rings. The number of nitrogens with zero attached hydrogens (tertiary/aromatic N) is 1. The lowest BCUT2D eigenvalue weighted by molar-refractivity contribution is -0.387. The first-order chi connectivity index (χ1) is 9.92. The molecule has 0 atom stereocenters. The molecule has 0 unspecified atom stereocenters. The van der Waals surface area contributed by atoms with Crippen LogP contribution in [0.25, 0.3) is 0 Å². The van der Waals surface area contributed by atoms with E-state index < -0.39 is 10.9 Å². The summed E-state index contributed by atoms with van der Waals surface area (Å²) in [4.78, 5) is 22.8. The van der Waals surface area contributed by atoms with Crippen LogP contribution < -0.4 is 0 Å². The summed E-state index contributed by atoms with van der Waals surface area (Å²) < 4.78 is 4.92. The molecule has 0 amide bonds. The number of ether oxygens (including phenoxy) is 1. The van der Waals surface area contributed by atoms with Gasteiger partial charge in [-0.25, -0.2) is 4.79 Å². The predicted molar refractivity (Wildman–Crippen MR) is 82.9 cm³/mol. The van der Waals surface area contributed by atoms with Crippen LogP contribution >= 0.6 is 46.3 Å². The number of hydrogen-bond donors (Lipinski definition) is 0. The Kier molecular flexibility index (Phi) is 5.10. The number of carbonyl (C=O) groups is 1. The largest absolute Gasteiger partial charge is 0.465 e. The minimum Gasteiger partial charge on any atom is -0.465 e. The molecular weight excluding hydrogens is 357 g/mol. The van der Waals surface area contributed by atoms with Gasteiger partial charge in [-0.05, 0) is 18.2 Å². The molecule has 0 N–H and O–H groups in total. The zero-order valence-corrected chi connectivity index (χ0v) is 13.6. The summed E-state index contributed by atoms with van der Waals surface area (Å²) in [7, 11) is 1.22. The standard InChI is InChI=1S/C12H7Cl2NO4S2/c1-19-11(16)10-5-8(15(17)18)12(21-10)20-9-3-2-6(13)4-7(9)14/h2-5H,1H3. The van der Waals surface area contributed by atoms with Crippen LogP contribution in [0.15, 0.2) is 33.4 Å². The van der Waals surface area contributed by atoms with Crippen molar-refractivity contribution in [1.29, 1.82) is 0 Å². The second-order valence-corrected chi connectivity index (χ2v) is 6.92. The minimum absolute atomic E-state index is 0.156. The molecule has 0 bridgehead atoms. The first-order valence-corrected chi connectivity index (χ1v) is 7.80. The van der Waals surface area contributed by atoms with E-state index in [9.17, 15) is 14.9 Å². The van der Waals surface area contributed by atoms with Gasteiger partial charge in [0, 0.05) is 16.0 Å². The van der Waals surface area contributed by atoms with Crippen molar-refractivity contribution in [3.63, 3.8) is 0 Å². The molecule has 0 aliphatic carbocycles. The normalized spacial score (nSPS) is 10.4. The first-order valence-electron chi connectivity index (χ1n) is 5.42. The van der Waals surface area contributed by atoms with Crippen LogP contribution in [0.4, 0.5) is 5.69 Å². The van der Waals surface area contributed by atoms with Gasteiger partial charge in [0.05, 0.1) is 17.1 Å². The van der Waals surface area contributed by atoms with Crippen LogP contribution in [0, 0.1) is 10.1 Å². The molecule has 0 saturated carbocycles. The lowest BCUT2D eigenvalue weighted by atomic mass is 10.4. The first kappa shape index (κ1) is 16.1. The van der Waals surface area contributed by atoms with Crippen molar-refractivity contribution in [2.24, 2.45) is 0 Å². The van der Waals surface area contributed by atoms with Gasteiger partial charge in [0.25, 0.3) is 5.69 Å². The lowest BCUT2D eigenvalue weighted by Crippen LogP contribution is -1.97. The molecule has 110 valence electrons. The van der Waals surface area contributed by atoms with E-state index in [1.165, 1.54) is 13.2 Å². The molecule has 0 aliphatic heterocycles. The molecule has 1 aromatic carbocycles. The number of rotatable bonds is 4. The smallest absolute Gasteiger partial charge is 0.348 e. The second kappa shape index (κ2) is 6.65. The summed E-state index contributed by atoms with van der Waals surface area (Å²) in [6.45, 7) is 0. The third kappa shape index (κ3) is 3.68. The van der Waals surface area contributed by atoms with Gasteiger partial charge in [0.15, 0.2) is 0 Å². The maximum absolute atomic E-state index is 11.5. The molecule has 0 saturated heterocycles. The monoisotopic (exact) mass is 363 g/mol. The number of thiophene rings is 1. The zero-order valence-electron chi connectivity index (χ0n) is 10.5. The van der Waals surface area contributed by atoms with E-state index in [2.05, 4.69) is 4.74 Å². The van der Waals surface area contributed by atoms with Gasteiger partial charge in [0.2, 0.25) is 0 Å². The highest BCUT2D eigenvalue weighted by molar-refractivity contribution is 8.01. The second-order valence-electron chi connectivity index (χ2n) is 3.71. The number of esters is 1. The Labute approximate surface area is 138 Å². The highest BCUT2D eigenvalue weighted by Crippen LogP contribution is 2.44. The Morgan fingerprint density at radius 2 is 2.10 bits per heavy atom. The van der Waals surface area contributed by atoms with Crippen LogP contribution in [0.2, 0.25) is 10.0 Å². The van der Waals surface area contributed by atoms with E-state index in [0.29, 0.717) is 19.1 Å². The fourth-order valence-electron chi connectivity index (χ4n) is 1.42. The summed E-state index contributed by atoms with van der Waals surface area (Å²) in [5, 5.41) is 11.9. The average Bonchev–Trinajstić information content (AvgIpc) is 2.85. The van der Waals surface area contributed by atoms with E-state index in [1.807, 2.05) is 0 Å². The van der Waals surface area contributed by atoms with Gasteiger partial charge < -0.3 is 4.74 Å². The fourth-order valence-corrected chi connectivity index (χ4v) is 4.16. The van der Waals surface area contributed by atoms with Crippen molar-refractivity contribution >= 4 is 58.0 Å². The molecule has 5 nitrogen and oxygen atoms in total. The van der Waals surface area contributed by atoms with Crippen molar-refractivity contribution in [1.82, 2.24) is 0 Å². The molecular formula is C12H7Cl2NO4S2. The lowest BCUT2D eigenvalue weighted by Gasteiger charge is -2.02. The SMILES string of the molecule is COC(=O)c1cc([N+](=O)[O-])c(Sc2ccc(Cl)cc2Cl)s1. The molecule has 0 radical (unpaired) electrons. The van der Waals surface area contributed by atoms with Gasteiger partial charge >= 0.3 is 5.97 Å². The van der Waals surface area contributed by atoms with Crippen molar-refractivity contribution < 1.29 is 14.5 Å². The van der Waals surface area contributed by atoms with Gasteiger partial charge in [-0.3, -0.25) is 10.1 Å². The molecule has 1 aromatic heterocycles. The molecule has 2 rings (SSSR count). The van der Waals surface area contributed by atoms with E-state index in [1.54, 1.807) is 18.2 Å². The molecule has 0 spiro atoms. The van der Waals surface area contributed by atoms with Crippen LogP contribution in [-0.2, 0) is 4.74 Å². The molecule has 2 aromatic rings. The van der Waals surface area contributed by atoms with Gasteiger partial charge in [0.1, 0.15) is 9.09 Å². The summed E-state index contributed by atoms with van der Waals surface area (Å²) in [5.74, 6) is -0.614. The number of halogens is 2. The molecule has 1 heterocycles. The van der Waals surface area contributed by atoms with E-state index >= 15 is 0 Å². The molecule has 0 aliphatic rings. The number of benzene rings is 1. The minimum atomic E-state index is -0.614. The summed E-state index contributed by atoms with van der Waals surface area (Å²) >= 11 is 13.9. The maximum atomic E-state index is 11.5. The van der Waals surface area contributed by atoms with Crippen LogP contribution in [0.5, 0.6) is 0 Å². The van der Waals surface area contributed by atoms with E-state index in [4.69, 9.17) is 23.2 Å². The number of carbonyl (C=O) groups excluding carboxylic acids is 1. The molecule has 21 heavy (non-hydrogen) atoms. The predicted octanol–water partition coefficient (Wildman–Crippen LogP) is 4.90. The Bertz CT molecular complexity index is 717. The van der Waals surface area contributed by atoms with Gasteiger partial charge in [-0.15, -0.1) is 11.3 Å². The van der Waals surface area contributed by atoms with Crippen molar-refractivity contribution in [2.45, 2.75) is 9.10 Å². The Hall–Kier alpha value is -1.28. The highest BCUT2D eigenvalue weighted by Gasteiger charge is 2.24. The van der Waals surface area contributed by atoms with Crippen molar-refractivity contribution in [3.05, 3.63) is 49.3 Å².